The Hall–Kier alpha value is -3.60. The number of Topliss-reactive ketones (excluding diaryl/α,β-unsaturated/α-hetero) is 2. The number of benzene rings is 2. The quantitative estimate of drug-likeness (QED) is 0.271. The van der Waals surface area contributed by atoms with Crippen LogP contribution in [0.4, 0.5) is 0 Å². The molecule has 46 heavy (non-hydrogen) atoms. The summed E-state index contributed by atoms with van der Waals surface area (Å²) in [5, 5.41) is 50.4. The number of phenolic OH excluding ortho intramolecular Hbond substituents is 1. The highest BCUT2D eigenvalue weighted by molar-refractivity contribution is 6.09. The largest absolute Gasteiger partial charge is 0.507 e. The van der Waals surface area contributed by atoms with Crippen molar-refractivity contribution in [3.8, 4) is 5.75 Å². The third-order valence-electron chi connectivity index (χ3n) is 11.2. The summed E-state index contributed by atoms with van der Waals surface area (Å²) >= 11 is 0. The molecule has 2 saturated carbocycles. The molecule has 0 radical (unpaired) electrons. The Morgan fingerprint density at radius 2 is 1.70 bits per heavy atom. The molecule has 248 valence electrons. The number of hydrogen-bond acceptors (Lipinski definition) is 8. The van der Waals surface area contributed by atoms with Gasteiger partial charge in [-0.25, -0.2) is 0 Å². The average Bonchev–Trinajstić information content (AvgIpc) is 2.93. The summed E-state index contributed by atoms with van der Waals surface area (Å²) in [4.78, 5) is 54.1. The van der Waals surface area contributed by atoms with Crippen LogP contribution in [-0.4, -0.2) is 61.6 Å². The topological polar surface area (TPSA) is 187 Å². The number of phenols is 1. The number of rotatable bonds is 5. The van der Waals surface area contributed by atoms with Crippen LogP contribution < -0.4 is 11.1 Å². The van der Waals surface area contributed by atoms with Gasteiger partial charge in [0.1, 0.15) is 17.8 Å². The van der Waals surface area contributed by atoms with Crippen molar-refractivity contribution in [2.45, 2.75) is 91.1 Å². The summed E-state index contributed by atoms with van der Waals surface area (Å²) in [6.45, 7) is 12.7. The first-order valence-corrected chi connectivity index (χ1v) is 15.9. The lowest BCUT2D eigenvalue weighted by Crippen LogP contribution is -2.79. The van der Waals surface area contributed by atoms with Crippen molar-refractivity contribution in [2.75, 3.05) is 0 Å². The van der Waals surface area contributed by atoms with Gasteiger partial charge >= 0.3 is 0 Å². The van der Waals surface area contributed by atoms with E-state index in [2.05, 4.69) is 5.32 Å². The van der Waals surface area contributed by atoms with Gasteiger partial charge in [-0.15, -0.1) is 0 Å². The molecule has 0 spiro atoms. The van der Waals surface area contributed by atoms with Crippen LogP contribution in [0, 0.1) is 34.5 Å². The molecule has 0 saturated heterocycles. The standard InChI is InChI=1S/C36H46N2O8/c1-17(2)24-28(41)23(31(37)44)29(42)36(46)30(43)25-27(40)22-20(14-34(25,6)16-35(24,36)7)19(13-21(26(22)39)33(3,4)5)15-38-32(45)18-11-9-8-10-12-18/h8-13,17,23-25,28,30,39,41,43,46H,14-16H2,1-7H3,(H2,37,44)(H,38,45)/t23-,24+,25-,28?,30?,34-,35-,36+/m1/s1. The SMILES string of the molecule is CC(C)[C@H]1C(O)[C@@H](C(N)=O)C(=O)[C@]2(O)C(O)[C@H]3C(=O)c4c(O)c(C(C)(C)C)cc(CNC(=O)c5ccccc5)c4C[C@]3(C)C[C@]12C. The van der Waals surface area contributed by atoms with Gasteiger partial charge < -0.3 is 31.5 Å². The minimum absolute atomic E-state index is 0.0136. The second-order valence-electron chi connectivity index (χ2n) is 15.6. The zero-order valence-corrected chi connectivity index (χ0v) is 27.5. The lowest BCUT2D eigenvalue weighted by molar-refractivity contribution is -0.265. The molecule has 2 unspecified atom stereocenters. The number of nitrogens with two attached hydrogens (primary N) is 1. The molecule has 0 heterocycles. The second kappa shape index (κ2) is 11.0. The Balaban J connectivity index is 1.68. The molecule has 3 aliphatic carbocycles. The normalized spacial score (nSPS) is 34.0. The van der Waals surface area contributed by atoms with Gasteiger partial charge in [0.2, 0.25) is 5.91 Å². The zero-order chi connectivity index (χ0) is 34.3. The number of aromatic hydroxyl groups is 1. The fourth-order valence-electron chi connectivity index (χ4n) is 9.27. The first-order chi connectivity index (χ1) is 21.2. The van der Waals surface area contributed by atoms with E-state index in [1.165, 1.54) is 0 Å². The smallest absolute Gasteiger partial charge is 0.251 e. The van der Waals surface area contributed by atoms with E-state index >= 15 is 0 Å². The van der Waals surface area contributed by atoms with E-state index in [4.69, 9.17) is 5.73 Å². The summed E-state index contributed by atoms with van der Waals surface area (Å²) in [5.41, 5.74) is 1.92. The number of aliphatic hydroxyl groups excluding tert-OH is 2. The van der Waals surface area contributed by atoms with E-state index in [9.17, 15) is 39.6 Å². The molecule has 3 aliphatic rings. The summed E-state index contributed by atoms with van der Waals surface area (Å²) in [6.07, 6.45) is -3.25. The van der Waals surface area contributed by atoms with Gasteiger partial charge in [0.25, 0.3) is 5.91 Å². The molecular weight excluding hydrogens is 588 g/mol. The maximum atomic E-state index is 14.6. The maximum Gasteiger partial charge on any atom is 0.251 e. The van der Waals surface area contributed by atoms with Crippen LogP contribution in [0.1, 0.15) is 92.3 Å². The van der Waals surface area contributed by atoms with Gasteiger partial charge in [-0.1, -0.05) is 66.7 Å². The fourth-order valence-corrected chi connectivity index (χ4v) is 9.27. The van der Waals surface area contributed by atoms with Crippen molar-refractivity contribution in [3.05, 3.63) is 64.2 Å². The van der Waals surface area contributed by atoms with E-state index < -0.39 is 69.3 Å². The van der Waals surface area contributed by atoms with Gasteiger partial charge in [-0.2, -0.15) is 0 Å². The monoisotopic (exact) mass is 634 g/mol. The van der Waals surface area contributed by atoms with Gasteiger partial charge in [0, 0.05) is 23.1 Å². The van der Waals surface area contributed by atoms with Gasteiger partial charge in [-0.3, -0.25) is 19.2 Å². The molecule has 8 atom stereocenters. The van der Waals surface area contributed by atoms with Crippen LogP contribution >= 0.6 is 0 Å². The lowest BCUT2D eigenvalue weighted by atomic mass is 9.39. The minimum Gasteiger partial charge on any atom is -0.507 e. The highest BCUT2D eigenvalue weighted by atomic mass is 16.4. The van der Waals surface area contributed by atoms with Gasteiger partial charge in [0.15, 0.2) is 17.2 Å². The van der Waals surface area contributed by atoms with Crippen molar-refractivity contribution in [2.24, 2.45) is 40.2 Å². The van der Waals surface area contributed by atoms with Crippen molar-refractivity contribution in [3.63, 3.8) is 0 Å². The van der Waals surface area contributed by atoms with Crippen molar-refractivity contribution >= 4 is 23.4 Å². The third-order valence-corrected chi connectivity index (χ3v) is 11.2. The summed E-state index contributed by atoms with van der Waals surface area (Å²) in [7, 11) is 0. The molecule has 7 N–H and O–H groups in total. The van der Waals surface area contributed by atoms with E-state index in [-0.39, 0.29) is 42.5 Å². The Kier molecular flexibility index (Phi) is 8.07. The average molecular weight is 635 g/mol. The molecule has 2 amide bonds. The highest BCUT2D eigenvalue weighted by Crippen LogP contribution is 2.66. The van der Waals surface area contributed by atoms with Crippen LogP contribution in [0.2, 0.25) is 0 Å². The zero-order valence-electron chi connectivity index (χ0n) is 27.5. The molecule has 2 aromatic rings. The molecule has 10 heteroatoms. The number of nitrogens with one attached hydrogen (secondary N) is 1. The summed E-state index contributed by atoms with van der Waals surface area (Å²) in [6, 6.07) is 10.5. The predicted octanol–water partition coefficient (Wildman–Crippen LogP) is 2.80. The molecule has 5 rings (SSSR count). The maximum absolute atomic E-state index is 14.6. The number of hydrogen-bond donors (Lipinski definition) is 6. The molecule has 0 aromatic heterocycles. The fraction of sp³-hybridized carbons (Fsp3) is 0.556. The number of amides is 2. The van der Waals surface area contributed by atoms with Crippen LogP contribution in [0.5, 0.6) is 5.75 Å². The Morgan fingerprint density at radius 1 is 1.09 bits per heavy atom. The number of carbonyl (C=O) groups is 4. The van der Waals surface area contributed by atoms with Crippen LogP contribution in [0.25, 0.3) is 0 Å². The molecule has 2 fully saturated rings. The van der Waals surface area contributed by atoms with Gasteiger partial charge in [0.05, 0.1) is 17.6 Å². The number of fused-ring (bicyclic) bond motifs is 3. The molecule has 0 aliphatic heterocycles. The highest BCUT2D eigenvalue weighted by Gasteiger charge is 2.76. The van der Waals surface area contributed by atoms with E-state index in [1.54, 1.807) is 51.1 Å². The second-order valence-corrected chi connectivity index (χ2v) is 15.6. The van der Waals surface area contributed by atoms with Crippen molar-refractivity contribution in [1.29, 1.82) is 0 Å². The van der Waals surface area contributed by atoms with Gasteiger partial charge in [-0.05, 0) is 64.8 Å². The summed E-state index contributed by atoms with van der Waals surface area (Å²) in [5.74, 6) is -7.69. The number of ketones is 2. The molecule has 0 bridgehead atoms. The third kappa shape index (κ3) is 4.71. The Bertz CT molecular complexity index is 1610. The Morgan fingerprint density at radius 3 is 2.24 bits per heavy atom. The molecule has 2 aromatic carbocycles. The Labute approximate surface area is 269 Å². The number of primary amides is 1. The van der Waals surface area contributed by atoms with E-state index in [0.29, 0.717) is 22.3 Å². The predicted molar refractivity (Wildman–Crippen MR) is 170 cm³/mol. The van der Waals surface area contributed by atoms with Crippen molar-refractivity contribution < 1.29 is 39.6 Å². The van der Waals surface area contributed by atoms with Crippen LogP contribution in [0.15, 0.2) is 36.4 Å². The van der Waals surface area contributed by atoms with Crippen LogP contribution in [0.3, 0.4) is 0 Å². The lowest BCUT2D eigenvalue weighted by Gasteiger charge is -2.66. The minimum atomic E-state index is -2.58. The van der Waals surface area contributed by atoms with Crippen molar-refractivity contribution in [1.82, 2.24) is 5.32 Å². The van der Waals surface area contributed by atoms with E-state index in [1.807, 2.05) is 33.8 Å². The van der Waals surface area contributed by atoms with E-state index in [0.717, 1.165) is 0 Å². The van der Waals surface area contributed by atoms with Crippen LogP contribution in [-0.2, 0) is 28.0 Å². The first kappa shape index (κ1) is 33.8. The number of aliphatic hydroxyl groups is 3. The molecular formula is C36H46N2O8. The number of carbonyl (C=O) groups excluding carboxylic acids is 4. The summed E-state index contributed by atoms with van der Waals surface area (Å²) < 4.78 is 0. The molecule has 10 nitrogen and oxygen atoms in total. The first-order valence-electron chi connectivity index (χ1n) is 15.9.